The molecule has 0 aliphatic carbocycles. The van der Waals surface area contributed by atoms with Gasteiger partial charge in [0.15, 0.2) is 11.5 Å². The van der Waals surface area contributed by atoms with Crippen LogP contribution in [-0.2, 0) is 13.1 Å². The fourth-order valence-corrected chi connectivity index (χ4v) is 3.63. The zero-order valence-electron chi connectivity index (χ0n) is 14.8. The molecular weight excluding hydrogens is 344 g/mol. The maximum Gasteiger partial charge on any atom is 0.231 e. The van der Waals surface area contributed by atoms with Gasteiger partial charge in [-0.15, -0.1) is 0 Å². The van der Waals surface area contributed by atoms with Crippen molar-refractivity contribution in [3.8, 4) is 17.2 Å². The van der Waals surface area contributed by atoms with Gasteiger partial charge in [-0.25, -0.2) is 0 Å². The van der Waals surface area contributed by atoms with Crippen molar-refractivity contribution in [3.05, 3.63) is 66.2 Å². The maximum absolute atomic E-state index is 5.94. The molecule has 138 valence electrons. The zero-order chi connectivity index (χ0) is 18.1. The van der Waals surface area contributed by atoms with E-state index in [9.17, 15) is 0 Å². The number of aromatic nitrogens is 3. The first-order valence-electron chi connectivity index (χ1n) is 9.01. The van der Waals surface area contributed by atoms with Gasteiger partial charge in [-0.2, -0.15) is 5.10 Å². The van der Waals surface area contributed by atoms with Crippen molar-refractivity contribution in [2.45, 2.75) is 19.1 Å². The van der Waals surface area contributed by atoms with Gasteiger partial charge in [0.1, 0.15) is 12.4 Å². The largest absolute Gasteiger partial charge is 0.490 e. The number of rotatable bonds is 5. The first-order valence-corrected chi connectivity index (χ1v) is 9.01. The molecule has 7 nitrogen and oxygen atoms in total. The summed E-state index contributed by atoms with van der Waals surface area (Å²) in [5, 5.41) is 4.50. The highest BCUT2D eigenvalue weighted by Gasteiger charge is 2.26. The molecule has 2 aliphatic rings. The Hall–Kier alpha value is -3.06. The number of fused-ring (bicyclic) bond motifs is 2. The van der Waals surface area contributed by atoms with Gasteiger partial charge in [0.25, 0.3) is 0 Å². The van der Waals surface area contributed by atoms with Crippen molar-refractivity contribution in [3.63, 3.8) is 0 Å². The second-order valence-corrected chi connectivity index (χ2v) is 6.78. The second kappa shape index (κ2) is 6.92. The maximum atomic E-state index is 5.94. The van der Waals surface area contributed by atoms with Gasteiger partial charge in [0.05, 0.1) is 17.9 Å². The van der Waals surface area contributed by atoms with E-state index in [4.69, 9.17) is 14.2 Å². The SMILES string of the molecule is c1cncc(OC[C@@H]2CN(Cc3ccc4c(c3)OCO4)Cc3ccnn32)c1. The molecule has 3 aromatic rings. The van der Waals surface area contributed by atoms with Gasteiger partial charge in [0.2, 0.25) is 6.79 Å². The van der Waals surface area contributed by atoms with Crippen molar-refractivity contribution in [1.29, 1.82) is 0 Å². The van der Waals surface area contributed by atoms with Crippen LogP contribution in [0.15, 0.2) is 55.0 Å². The van der Waals surface area contributed by atoms with E-state index in [1.54, 1.807) is 12.4 Å². The summed E-state index contributed by atoms with van der Waals surface area (Å²) in [7, 11) is 0. The molecule has 0 N–H and O–H groups in total. The zero-order valence-corrected chi connectivity index (χ0v) is 14.8. The number of hydrogen-bond donors (Lipinski definition) is 0. The van der Waals surface area contributed by atoms with Crippen molar-refractivity contribution in [2.24, 2.45) is 0 Å². The van der Waals surface area contributed by atoms with Crippen LogP contribution < -0.4 is 14.2 Å². The van der Waals surface area contributed by atoms with Gasteiger partial charge in [-0.3, -0.25) is 14.6 Å². The minimum Gasteiger partial charge on any atom is -0.490 e. The molecule has 0 bridgehead atoms. The Morgan fingerprint density at radius 2 is 2.07 bits per heavy atom. The van der Waals surface area contributed by atoms with E-state index in [2.05, 4.69) is 37.9 Å². The first kappa shape index (κ1) is 16.1. The van der Waals surface area contributed by atoms with Gasteiger partial charge in [0, 0.05) is 32.0 Å². The first-order chi connectivity index (χ1) is 13.3. The minimum atomic E-state index is 0.151. The predicted molar refractivity (Wildman–Crippen MR) is 97.7 cm³/mol. The third kappa shape index (κ3) is 3.33. The molecule has 5 rings (SSSR count). The molecule has 0 saturated carbocycles. The normalized spacial score (nSPS) is 18.3. The lowest BCUT2D eigenvalue weighted by atomic mass is 10.1. The van der Waals surface area contributed by atoms with Crippen LogP contribution in [0.4, 0.5) is 0 Å². The summed E-state index contributed by atoms with van der Waals surface area (Å²) in [6.07, 6.45) is 5.33. The molecule has 4 heterocycles. The third-order valence-electron chi connectivity index (χ3n) is 4.87. The molecule has 0 fully saturated rings. The topological polar surface area (TPSA) is 61.6 Å². The van der Waals surface area contributed by atoms with Crippen LogP contribution >= 0.6 is 0 Å². The van der Waals surface area contributed by atoms with E-state index in [1.807, 2.05) is 24.4 Å². The fraction of sp³-hybridized carbons (Fsp3) is 0.300. The highest BCUT2D eigenvalue weighted by atomic mass is 16.7. The monoisotopic (exact) mass is 364 g/mol. The van der Waals surface area contributed by atoms with Crippen molar-refractivity contribution >= 4 is 0 Å². The number of nitrogens with zero attached hydrogens (tertiary/aromatic N) is 4. The average Bonchev–Trinajstić information content (AvgIpc) is 3.35. The molecule has 0 radical (unpaired) electrons. The highest BCUT2D eigenvalue weighted by Crippen LogP contribution is 2.33. The Kier molecular flexibility index (Phi) is 4.14. The van der Waals surface area contributed by atoms with Crippen LogP contribution in [0.5, 0.6) is 17.2 Å². The van der Waals surface area contributed by atoms with Crippen molar-refractivity contribution in [1.82, 2.24) is 19.7 Å². The highest BCUT2D eigenvalue weighted by molar-refractivity contribution is 5.44. The van der Waals surface area contributed by atoms with Crippen LogP contribution in [0.1, 0.15) is 17.3 Å². The summed E-state index contributed by atoms with van der Waals surface area (Å²) in [6, 6.07) is 12.2. The molecule has 1 aromatic carbocycles. The van der Waals surface area contributed by atoms with E-state index in [-0.39, 0.29) is 6.04 Å². The van der Waals surface area contributed by atoms with Gasteiger partial charge in [-0.05, 0) is 35.9 Å². The molecule has 0 saturated heterocycles. The van der Waals surface area contributed by atoms with Gasteiger partial charge in [-0.1, -0.05) is 6.07 Å². The van der Waals surface area contributed by atoms with Crippen molar-refractivity contribution < 1.29 is 14.2 Å². The summed E-state index contributed by atoms with van der Waals surface area (Å²) in [4.78, 5) is 6.51. The van der Waals surface area contributed by atoms with E-state index >= 15 is 0 Å². The lowest BCUT2D eigenvalue weighted by Crippen LogP contribution is -2.39. The van der Waals surface area contributed by atoms with Crippen LogP contribution in [0.25, 0.3) is 0 Å². The lowest BCUT2D eigenvalue weighted by Gasteiger charge is -2.33. The molecule has 27 heavy (non-hydrogen) atoms. The molecule has 1 atom stereocenters. The van der Waals surface area contributed by atoms with E-state index in [0.29, 0.717) is 13.4 Å². The molecular formula is C20H20N4O3. The summed E-state index contributed by atoms with van der Waals surface area (Å²) in [5.41, 5.74) is 2.40. The smallest absolute Gasteiger partial charge is 0.231 e. The van der Waals surface area contributed by atoms with E-state index < -0.39 is 0 Å². The molecule has 0 unspecified atom stereocenters. The fourth-order valence-electron chi connectivity index (χ4n) is 3.63. The Labute approximate surface area is 157 Å². The summed E-state index contributed by atoms with van der Waals surface area (Å²) < 4.78 is 18.9. The number of hydrogen-bond acceptors (Lipinski definition) is 6. The second-order valence-electron chi connectivity index (χ2n) is 6.78. The van der Waals surface area contributed by atoms with Crippen molar-refractivity contribution in [2.75, 3.05) is 19.9 Å². The minimum absolute atomic E-state index is 0.151. The molecule has 0 spiro atoms. The molecule has 2 aliphatic heterocycles. The van der Waals surface area contributed by atoms with Crippen LogP contribution in [0, 0.1) is 0 Å². The number of pyridine rings is 1. The van der Waals surface area contributed by atoms with Crippen LogP contribution in [-0.4, -0.2) is 39.6 Å². The summed E-state index contributed by atoms with van der Waals surface area (Å²) in [6.45, 7) is 3.42. The number of benzene rings is 1. The van der Waals surface area contributed by atoms with Gasteiger partial charge >= 0.3 is 0 Å². The Morgan fingerprint density at radius 3 is 3.00 bits per heavy atom. The summed E-state index contributed by atoms with van der Waals surface area (Å²) in [5.74, 6) is 2.42. The third-order valence-corrected chi connectivity index (χ3v) is 4.87. The molecule has 7 heteroatoms. The van der Waals surface area contributed by atoms with Gasteiger partial charge < -0.3 is 14.2 Å². The lowest BCUT2D eigenvalue weighted by molar-refractivity contribution is 0.127. The molecule has 2 aromatic heterocycles. The predicted octanol–water partition coefficient (Wildman–Crippen LogP) is 2.64. The van der Waals surface area contributed by atoms with Crippen LogP contribution in [0.3, 0.4) is 0 Å². The average molecular weight is 364 g/mol. The Balaban J connectivity index is 1.30. The quantitative estimate of drug-likeness (QED) is 0.694. The summed E-state index contributed by atoms with van der Waals surface area (Å²) >= 11 is 0. The van der Waals surface area contributed by atoms with E-state index in [1.165, 1.54) is 11.3 Å². The molecule has 0 amide bonds. The Morgan fingerprint density at radius 1 is 1.11 bits per heavy atom. The van der Waals surface area contributed by atoms with E-state index in [0.717, 1.165) is 36.9 Å². The van der Waals surface area contributed by atoms with Crippen LogP contribution in [0.2, 0.25) is 0 Å². The number of ether oxygens (including phenoxy) is 3. The standard InChI is InChI=1S/C20H20N4O3/c1-2-18(9-21-6-1)25-13-17-12-23(11-16-5-7-22-24(16)17)10-15-3-4-19-20(8-15)27-14-26-19/h1-9,17H,10-14H2/t17-/m0/s1. The Bertz CT molecular complexity index is 928.